The summed E-state index contributed by atoms with van der Waals surface area (Å²) in [5.74, 6) is -0.576. The van der Waals surface area contributed by atoms with Crippen LogP contribution in [0.2, 0.25) is 0 Å². The molecule has 1 saturated heterocycles. The lowest BCUT2D eigenvalue weighted by molar-refractivity contribution is -0.895. The van der Waals surface area contributed by atoms with Crippen LogP contribution in [0.4, 0.5) is 15.8 Å². The van der Waals surface area contributed by atoms with E-state index in [9.17, 15) is 17.6 Å². The number of hydrogen-bond donors (Lipinski definition) is 2. The normalized spacial score (nSPS) is 15.8. The van der Waals surface area contributed by atoms with Crippen molar-refractivity contribution in [2.75, 3.05) is 57.0 Å². The molecule has 0 spiro atoms. The standard InChI is InChI=1S/C20H25FN4O3S/c1-23(2)18-7-5-17(6-8-18)22-20(26)15-24-11-13-25(14-12-24)29(27,28)19-9-3-16(21)4-10-19/h3-10H,11-15H2,1-2H3,(H,22,26)/p+1. The van der Waals surface area contributed by atoms with Crippen LogP contribution in [0.1, 0.15) is 0 Å². The van der Waals surface area contributed by atoms with Crippen LogP contribution in [0, 0.1) is 5.82 Å². The zero-order valence-electron chi connectivity index (χ0n) is 16.6. The summed E-state index contributed by atoms with van der Waals surface area (Å²) in [4.78, 5) is 15.4. The summed E-state index contributed by atoms with van der Waals surface area (Å²) >= 11 is 0. The fourth-order valence-electron chi connectivity index (χ4n) is 3.25. The summed E-state index contributed by atoms with van der Waals surface area (Å²) in [6.07, 6.45) is 0. The third-order valence-electron chi connectivity index (χ3n) is 4.96. The number of anilines is 2. The van der Waals surface area contributed by atoms with Gasteiger partial charge in [-0.1, -0.05) is 0 Å². The Morgan fingerprint density at radius 1 is 1.07 bits per heavy atom. The van der Waals surface area contributed by atoms with Crippen molar-refractivity contribution < 1.29 is 22.5 Å². The van der Waals surface area contributed by atoms with Crippen LogP contribution in [0.15, 0.2) is 53.4 Å². The molecule has 2 aromatic rings. The second-order valence-electron chi connectivity index (χ2n) is 7.27. The lowest BCUT2D eigenvalue weighted by atomic mass is 10.2. The zero-order valence-corrected chi connectivity index (χ0v) is 17.4. The molecule has 2 aromatic carbocycles. The predicted octanol–water partition coefficient (Wildman–Crippen LogP) is 0.420. The minimum atomic E-state index is -3.64. The molecule has 0 atom stereocenters. The molecule has 0 aliphatic carbocycles. The van der Waals surface area contributed by atoms with Gasteiger partial charge in [0.15, 0.2) is 6.54 Å². The van der Waals surface area contributed by atoms with E-state index in [-0.39, 0.29) is 17.3 Å². The van der Waals surface area contributed by atoms with E-state index in [1.54, 1.807) is 0 Å². The van der Waals surface area contributed by atoms with Crippen molar-refractivity contribution in [3.8, 4) is 0 Å². The molecule has 9 heteroatoms. The Labute approximate surface area is 170 Å². The van der Waals surface area contributed by atoms with Gasteiger partial charge >= 0.3 is 0 Å². The Bertz CT molecular complexity index is 939. The molecule has 1 amide bonds. The van der Waals surface area contributed by atoms with Gasteiger partial charge < -0.3 is 15.1 Å². The summed E-state index contributed by atoms with van der Waals surface area (Å²) in [6.45, 7) is 1.99. The highest BCUT2D eigenvalue weighted by molar-refractivity contribution is 7.89. The second kappa shape index (κ2) is 8.89. The molecule has 0 saturated carbocycles. The number of quaternary nitrogens is 1. The van der Waals surface area contributed by atoms with Crippen molar-refractivity contribution >= 4 is 27.3 Å². The second-order valence-corrected chi connectivity index (χ2v) is 9.21. The Hall–Kier alpha value is -2.49. The van der Waals surface area contributed by atoms with Crippen molar-refractivity contribution in [2.45, 2.75) is 4.90 Å². The van der Waals surface area contributed by atoms with Gasteiger partial charge in [0.2, 0.25) is 10.0 Å². The Kier molecular flexibility index (Phi) is 6.51. The van der Waals surface area contributed by atoms with Gasteiger partial charge in [-0.25, -0.2) is 12.8 Å². The van der Waals surface area contributed by atoms with Crippen molar-refractivity contribution in [3.63, 3.8) is 0 Å². The number of nitrogens with one attached hydrogen (secondary N) is 2. The minimum absolute atomic E-state index is 0.0845. The molecule has 2 N–H and O–H groups in total. The Morgan fingerprint density at radius 3 is 2.21 bits per heavy atom. The highest BCUT2D eigenvalue weighted by atomic mass is 32.2. The largest absolute Gasteiger partial charge is 0.378 e. The monoisotopic (exact) mass is 421 g/mol. The third kappa shape index (κ3) is 5.31. The highest BCUT2D eigenvalue weighted by Gasteiger charge is 2.31. The number of halogens is 1. The van der Waals surface area contributed by atoms with Crippen molar-refractivity contribution in [1.82, 2.24) is 4.31 Å². The average molecular weight is 422 g/mol. The maximum atomic E-state index is 13.0. The number of sulfonamides is 1. The van der Waals surface area contributed by atoms with E-state index < -0.39 is 15.8 Å². The van der Waals surface area contributed by atoms with Crippen LogP contribution in [-0.2, 0) is 14.8 Å². The number of piperazine rings is 1. The molecule has 1 aliphatic heterocycles. The maximum Gasteiger partial charge on any atom is 0.279 e. The number of carbonyl (C=O) groups is 1. The third-order valence-corrected chi connectivity index (χ3v) is 6.87. The molecular formula is C20H26FN4O3S+. The number of hydrogen-bond acceptors (Lipinski definition) is 4. The molecule has 0 bridgehead atoms. The Balaban J connectivity index is 1.51. The number of rotatable bonds is 6. The van der Waals surface area contributed by atoms with Crippen LogP contribution in [-0.4, -0.2) is 65.4 Å². The van der Waals surface area contributed by atoms with Gasteiger partial charge in [-0.2, -0.15) is 4.31 Å². The molecule has 1 fully saturated rings. The fraction of sp³-hybridized carbons (Fsp3) is 0.350. The highest BCUT2D eigenvalue weighted by Crippen LogP contribution is 2.16. The smallest absolute Gasteiger partial charge is 0.279 e. The van der Waals surface area contributed by atoms with Crippen LogP contribution < -0.4 is 15.1 Å². The molecule has 0 unspecified atom stereocenters. The van der Waals surface area contributed by atoms with E-state index in [0.717, 1.165) is 28.4 Å². The van der Waals surface area contributed by atoms with Gasteiger partial charge in [0.05, 0.1) is 31.1 Å². The van der Waals surface area contributed by atoms with E-state index in [2.05, 4.69) is 5.32 Å². The van der Waals surface area contributed by atoms with Gasteiger partial charge in [0.25, 0.3) is 5.91 Å². The number of carbonyl (C=O) groups excluding carboxylic acids is 1. The average Bonchev–Trinajstić information content (AvgIpc) is 2.69. The predicted molar refractivity (Wildman–Crippen MR) is 110 cm³/mol. The minimum Gasteiger partial charge on any atom is -0.378 e. The summed E-state index contributed by atoms with van der Waals surface area (Å²) < 4.78 is 39.8. The lowest BCUT2D eigenvalue weighted by Gasteiger charge is -2.31. The van der Waals surface area contributed by atoms with Gasteiger partial charge in [-0.3, -0.25) is 4.79 Å². The van der Waals surface area contributed by atoms with Gasteiger partial charge in [-0.15, -0.1) is 0 Å². The maximum absolute atomic E-state index is 13.0. The molecular weight excluding hydrogens is 395 g/mol. The molecule has 0 aromatic heterocycles. The first kappa shape index (κ1) is 21.2. The van der Waals surface area contributed by atoms with Crippen LogP contribution >= 0.6 is 0 Å². The van der Waals surface area contributed by atoms with E-state index in [4.69, 9.17) is 0 Å². The van der Waals surface area contributed by atoms with Crippen LogP contribution in [0.5, 0.6) is 0 Å². The zero-order chi connectivity index (χ0) is 21.0. The van der Waals surface area contributed by atoms with Crippen LogP contribution in [0.3, 0.4) is 0 Å². The molecule has 1 heterocycles. The summed E-state index contributed by atoms with van der Waals surface area (Å²) in [5, 5.41) is 2.88. The first-order chi connectivity index (χ1) is 13.8. The van der Waals surface area contributed by atoms with E-state index >= 15 is 0 Å². The number of amides is 1. The fourth-order valence-corrected chi connectivity index (χ4v) is 4.69. The van der Waals surface area contributed by atoms with Gasteiger partial charge in [0, 0.05) is 25.5 Å². The molecule has 29 heavy (non-hydrogen) atoms. The lowest BCUT2D eigenvalue weighted by Crippen LogP contribution is -3.15. The molecule has 7 nitrogen and oxygen atoms in total. The van der Waals surface area contributed by atoms with Gasteiger partial charge in [-0.05, 0) is 48.5 Å². The van der Waals surface area contributed by atoms with Crippen molar-refractivity contribution in [1.29, 1.82) is 0 Å². The van der Waals surface area contributed by atoms with Crippen molar-refractivity contribution in [2.24, 2.45) is 0 Å². The molecule has 3 rings (SSSR count). The summed E-state index contributed by atoms with van der Waals surface area (Å²) in [5.41, 5.74) is 1.78. The molecule has 156 valence electrons. The Morgan fingerprint density at radius 2 is 1.66 bits per heavy atom. The number of benzene rings is 2. The van der Waals surface area contributed by atoms with Crippen LogP contribution in [0.25, 0.3) is 0 Å². The summed E-state index contributed by atoms with van der Waals surface area (Å²) in [6, 6.07) is 12.4. The van der Waals surface area contributed by atoms with E-state index in [0.29, 0.717) is 26.2 Å². The molecule has 0 radical (unpaired) electrons. The van der Waals surface area contributed by atoms with Gasteiger partial charge in [0.1, 0.15) is 5.82 Å². The number of nitrogens with zero attached hydrogens (tertiary/aromatic N) is 2. The molecule has 1 aliphatic rings. The van der Waals surface area contributed by atoms with Crippen molar-refractivity contribution in [3.05, 3.63) is 54.3 Å². The quantitative estimate of drug-likeness (QED) is 0.709. The first-order valence-corrected chi connectivity index (χ1v) is 10.9. The summed E-state index contributed by atoms with van der Waals surface area (Å²) in [7, 11) is 0.261. The SMILES string of the molecule is CN(C)c1ccc(NC(=O)C[NH+]2CCN(S(=O)(=O)c3ccc(F)cc3)CC2)cc1. The topological polar surface area (TPSA) is 74.2 Å². The van der Waals surface area contributed by atoms with E-state index in [1.807, 2.05) is 43.3 Å². The van der Waals surface area contributed by atoms with E-state index in [1.165, 1.54) is 16.4 Å². The first-order valence-electron chi connectivity index (χ1n) is 9.42.